The predicted molar refractivity (Wildman–Crippen MR) is 108 cm³/mol. The van der Waals surface area contributed by atoms with Gasteiger partial charge >= 0.3 is 0 Å². The Morgan fingerprint density at radius 1 is 1.00 bits per heavy atom. The molecule has 2 heterocycles. The Labute approximate surface area is 158 Å². The molecule has 0 aliphatic heterocycles. The third-order valence-corrected chi connectivity index (χ3v) is 4.62. The van der Waals surface area contributed by atoms with Crippen LogP contribution in [0.4, 0.5) is 5.69 Å². The fraction of sp³-hybridized carbons (Fsp3) is 0.182. The van der Waals surface area contributed by atoms with Crippen molar-refractivity contribution in [2.75, 3.05) is 12.8 Å². The zero-order chi connectivity index (χ0) is 18.8. The van der Waals surface area contributed by atoms with Crippen LogP contribution in [0.5, 0.6) is 5.88 Å². The third kappa shape index (κ3) is 3.49. The molecule has 2 aromatic heterocycles. The molecule has 2 N–H and O–H groups in total. The normalized spacial score (nSPS) is 11.0. The van der Waals surface area contributed by atoms with Crippen LogP contribution in [0.3, 0.4) is 0 Å². The molecule has 4 aromatic rings. The molecule has 0 saturated carbocycles. The van der Waals surface area contributed by atoms with Gasteiger partial charge in [0.1, 0.15) is 5.69 Å². The Kier molecular flexibility index (Phi) is 4.50. The van der Waals surface area contributed by atoms with Crippen LogP contribution in [0, 0.1) is 6.92 Å². The van der Waals surface area contributed by atoms with Gasteiger partial charge in [0.15, 0.2) is 5.65 Å². The number of benzene rings is 2. The lowest BCUT2D eigenvalue weighted by Gasteiger charge is -2.05. The molecular weight excluding hydrogens is 336 g/mol. The van der Waals surface area contributed by atoms with E-state index in [0.29, 0.717) is 5.88 Å². The van der Waals surface area contributed by atoms with E-state index < -0.39 is 0 Å². The molecule has 0 atom stereocenters. The van der Waals surface area contributed by atoms with E-state index in [1.54, 1.807) is 11.6 Å². The molecule has 2 aromatic carbocycles. The molecular formula is C22H22N4O. The van der Waals surface area contributed by atoms with Crippen molar-refractivity contribution in [2.24, 2.45) is 0 Å². The lowest BCUT2D eigenvalue weighted by atomic mass is 10.1. The number of hydrogen-bond acceptors (Lipinski definition) is 4. The molecule has 0 saturated heterocycles. The van der Waals surface area contributed by atoms with Crippen molar-refractivity contribution in [3.63, 3.8) is 0 Å². The summed E-state index contributed by atoms with van der Waals surface area (Å²) in [7, 11) is 1.64. The minimum Gasteiger partial charge on any atom is -0.479 e. The number of nitrogen functional groups attached to an aromatic ring is 1. The number of fused-ring (bicyclic) bond motifs is 1. The highest BCUT2D eigenvalue weighted by molar-refractivity contribution is 5.70. The van der Waals surface area contributed by atoms with E-state index in [4.69, 9.17) is 15.6 Å². The Balaban J connectivity index is 1.66. The van der Waals surface area contributed by atoms with Crippen LogP contribution < -0.4 is 10.5 Å². The molecule has 0 amide bonds. The number of aromatic nitrogens is 3. The lowest BCUT2D eigenvalue weighted by Crippen LogP contribution is -2.02. The fourth-order valence-electron chi connectivity index (χ4n) is 3.24. The van der Waals surface area contributed by atoms with E-state index in [2.05, 4.69) is 36.2 Å². The van der Waals surface area contributed by atoms with Crippen LogP contribution in [0.25, 0.3) is 16.9 Å². The first-order valence-electron chi connectivity index (χ1n) is 8.98. The van der Waals surface area contributed by atoms with Crippen molar-refractivity contribution < 1.29 is 4.74 Å². The first kappa shape index (κ1) is 17.1. The third-order valence-electron chi connectivity index (χ3n) is 4.62. The Hall–Kier alpha value is -3.34. The van der Waals surface area contributed by atoms with Crippen molar-refractivity contribution >= 4 is 11.3 Å². The number of methoxy groups -OCH3 is 1. The summed E-state index contributed by atoms with van der Waals surface area (Å²) in [4.78, 5) is 4.69. The van der Waals surface area contributed by atoms with Gasteiger partial charge < -0.3 is 10.5 Å². The highest BCUT2D eigenvalue weighted by Crippen LogP contribution is 2.30. The monoisotopic (exact) mass is 358 g/mol. The molecule has 5 nitrogen and oxygen atoms in total. The number of nitrogens with two attached hydrogens (primary N) is 1. The van der Waals surface area contributed by atoms with E-state index in [0.717, 1.165) is 41.1 Å². The summed E-state index contributed by atoms with van der Waals surface area (Å²) in [5.74, 6) is 0.632. The molecule has 136 valence electrons. The average molecular weight is 358 g/mol. The lowest BCUT2D eigenvalue weighted by molar-refractivity contribution is 0.388. The van der Waals surface area contributed by atoms with E-state index in [1.165, 1.54) is 11.1 Å². The Bertz CT molecular complexity index is 1080. The van der Waals surface area contributed by atoms with Crippen LogP contribution in [0.1, 0.15) is 16.8 Å². The van der Waals surface area contributed by atoms with Gasteiger partial charge in [0.25, 0.3) is 0 Å². The summed E-state index contributed by atoms with van der Waals surface area (Å²) in [5.41, 5.74) is 12.6. The smallest absolute Gasteiger partial charge is 0.243 e. The van der Waals surface area contributed by atoms with Crippen LogP contribution in [-0.2, 0) is 12.8 Å². The minimum atomic E-state index is 0.632. The molecule has 0 aliphatic carbocycles. The second kappa shape index (κ2) is 7.11. The highest BCUT2D eigenvalue weighted by Gasteiger charge is 2.16. The van der Waals surface area contributed by atoms with Gasteiger partial charge in [0, 0.05) is 11.3 Å². The van der Waals surface area contributed by atoms with Crippen LogP contribution in [0.15, 0.2) is 60.7 Å². The Morgan fingerprint density at radius 2 is 1.81 bits per heavy atom. The first-order valence-corrected chi connectivity index (χ1v) is 8.98. The molecule has 0 fully saturated rings. The first-order chi connectivity index (χ1) is 13.1. The number of aryl methyl sites for hydroxylation is 3. The van der Waals surface area contributed by atoms with Gasteiger partial charge in [-0.3, -0.25) is 0 Å². The van der Waals surface area contributed by atoms with Gasteiger partial charge in [-0.2, -0.15) is 9.61 Å². The van der Waals surface area contributed by atoms with Crippen LogP contribution in [-0.4, -0.2) is 21.7 Å². The summed E-state index contributed by atoms with van der Waals surface area (Å²) >= 11 is 0. The number of anilines is 1. The Morgan fingerprint density at radius 3 is 2.56 bits per heavy atom. The summed E-state index contributed by atoms with van der Waals surface area (Å²) in [6.45, 7) is 2.11. The van der Waals surface area contributed by atoms with Gasteiger partial charge in [-0.05, 0) is 49.6 Å². The van der Waals surface area contributed by atoms with Gasteiger partial charge in [-0.25, -0.2) is 4.98 Å². The number of ether oxygens (including phenoxy) is 1. The van der Waals surface area contributed by atoms with Crippen molar-refractivity contribution in [3.8, 4) is 17.1 Å². The zero-order valence-corrected chi connectivity index (χ0v) is 15.5. The predicted octanol–water partition coefficient (Wildman–Crippen LogP) is 4.08. The molecule has 27 heavy (non-hydrogen) atoms. The van der Waals surface area contributed by atoms with Crippen molar-refractivity contribution in [2.45, 2.75) is 19.8 Å². The van der Waals surface area contributed by atoms with E-state index in [-0.39, 0.29) is 0 Å². The summed E-state index contributed by atoms with van der Waals surface area (Å²) in [6, 6.07) is 20.2. The van der Waals surface area contributed by atoms with Gasteiger partial charge in [-0.15, -0.1) is 0 Å². The molecule has 0 radical (unpaired) electrons. The number of hydrogen-bond donors (Lipinski definition) is 1. The molecule has 0 unspecified atom stereocenters. The number of nitrogens with zero attached hydrogens (tertiary/aromatic N) is 3. The molecule has 0 aliphatic rings. The summed E-state index contributed by atoms with van der Waals surface area (Å²) < 4.78 is 7.40. The molecule has 5 heteroatoms. The largest absolute Gasteiger partial charge is 0.479 e. The van der Waals surface area contributed by atoms with E-state index in [1.807, 2.05) is 36.4 Å². The van der Waals surface area contributed by atoms with E-state index >= 15 is 0 Å². The van der Waals surface area contributed by atoms with Gasteiger partial charge in [-0.1, -0.05) is 42.0 Å². The van der Waals surface area contributed by atoms with E-state index in [9.17, 15) is 0 Å². The minimum absolute atomic E-state index is 0.632. The standard InChI is InChI=1S/C22H22N4O/c1-15-4-3-5-16(14-15)6-11-19-12-13-20-24-21(22(27-2)26(20)25-19)17-7-9-18(23)10-8-17/h3-5,7-10,12-14H,6,11,23H2,1-2H3. The number of imidazole rings is 1. The SMILES string of the molecule is COc1c(-c2ccc(N)cc2)nc2ccc(CCc3cccc(C)c3)nn12. The van der Waals surface area contributed by atoms with Gasteiger partial charge in [0.2, 0.25) is 5.88 Å². The number of rotatable bonds is 5. The summed E-state index contributed by atoms with van der Waals surface area (Å²) in [5, 5.41) is 4.75. The van der Waals surface area contributed by atoms with Crippen molar-refractivity contribution in [3.05, 3.63) is 77.5 Å². The quantitative estimate of drug-likeness (QED) is 0.546. The molecule has 0 bridgehead atoms. The van der Waals surface area contributed by atoms with Crippen molar-refractivity contribution in [1.29, 1.82) is 0 Å². The average Bonchev–Trinajstić information content (AvgIpc) is 3.05. The zero-order valence-electron chi connectivity index (χ0n) is 15.5. The highest BCUT2D eigenvalue weighted by atomic mass is 16.5. The van der Waals surface area contributed by atoms with Crippen LogP contribution >= 0.6 is 0 Å². The maximum Gasteiger partial charge on any atom is 0.243 e. The fourth-order valence-corrected chi connectivity index (χ4v) is 3.24. The topological polar surface area (TPSA) is 65.4 Å². The maximum atomic E-state index is 5.79. The molecule has 4 rings (SSSR count). The summed E-state index contributed by atoms with van der Waals surface area (Å²) in [6.07, 6.45) is 1.81. The molecule has 0 spiro atoms. The van der Waals surface area contributed by atoms with Crippen LogP contribution in [0.2, 0.25) is 0 Å². The van der Waals surface area contributed by atoms with Crippen molar-refractivity contribution in [1.82, 2.24) is 14.6 Å². The second-order valence-electron chi connectivity index (χ2n) is 6.68. The second-order valence-corrected chi connectivity index (χ2v) is 6.68. The van der Waals surface area contributed by atoms with Gasteiger partial charge in [0.05, 0.1) is 12.8 Å². The maximum absolute atomic E-state index is 5.79.